The van der Waals surface area contributed by atoms with Crippen molar-refractivity contribution in [2.24, 2.45) is 14.1 Å². The van der Waals surface area contributed by atoms with Crippen molar-refractivity contribution in [3.63, 3.8) is 0 Å². The highest BCUT2D eigenvalue weighted by atomic mass is 79.9. The Morgan fingerprint density at radius 3 is 2.47 bits per heavy atom. The van der Waals surface area contributed by atoms with Crippen molar-refractivity contribution in [3.8, 4) is 22.7 Å². The summed E-state index contributed by atoms with van der Waals surface area (Å²) < 4.78 is 22.6. The zero-order chi connectivity index (χ0) is 26.7. The van der Waals surface area contributed by atoms with Crippen molar-refractivity contribution in [2.45, 2.75) is 13.0 Å². The molecule has 1 aliphatic heterocycles. The summed E-state index contributed by atoms with van der Waals surface area (Å²) in [6, 6.07) is 18.0. The minimum absolute atomic E-state index is 0.230. The maximum Gasteiger partial charge on any atom is 0.338 e. The highest BCUT2D eigenvalue weighted by molar-refractivity contribution is 9.10. The van der Waals surface area contributed by atoms with Crippen LogP contribution in [-0.2, 0) is 18.8 Å². The number of hydrogen-bond donors (Lipinski definition) is 0. The van der Waals surface area contributed by atoms with Crippen LogP contribution in [0.5, 0.6) is 5.75 Å². The zero-order valence-corrected chi connectivity index (χ0v) is 22.3. The molecule has 192 valence electrons. The van der Waals surface area contributed by atoms with Gasteiger partial charge in [0, 0.05) is 14.1 Å². The molecule has 0 spiro atoms. The van der Waals surface area contributed by atoms with Crippen LogP contribution >= 0.6 is 15.9 Å². The van der Waals surface area contributed by atoms with Crippen LogP contribution in [-0.4, -0.2) is 26.3 Å². The molecule has 1 aliphatic rings. The van der Waals surface area contributed by atoms with Gasteiger partial charge in [-0.3, -0.25) is 13.9 Å². The first-order valence-electron chi connectivity index (χ1n) is 11.9. The second kappa shape index (κ2) is 8.91. The predicted molar refractivity (Wildman–Crippen MR) is 144 cm³/mol. The Balaban J connectivity index is 1.82. The fourth-order valence-electron chi connectivity index (χ4n) is 5.03. The number of fused-ring (bicyclic) bond motifs is 5. The van der Waals surface area contributed by atoms with Crippen molar-refractivity contribution < 1.29 is 18.7 Å². The Morgan fingerprint density at radius 1 is 1.03 bits per heavy atom. The molecule has 0 unspecified atom stereocenters. The van der Waals surface area contributed by atoms with E-state index in [0.717, 1.165) is 10.1 Å². The Labute approximate surface area is 224 Å². The van der Waals surface area contributed by atoms with E-state index in [-0.39, 0.29) is 6.61 Å². The quantitative estimate of drug-likeness (QED) is 0.288. The van der Waals surface area contributed by atoms with E-state index in [4.69, 9.17) is 13.9 Å². The lowest BCUT2D eigenvalue weighted by atomic mass is 10.1. The van der Waals surface area contributed by atoms with Gasteiger partial charge in [0.15, 0.2) is 16.5 Å². The standard InChI is InChI=1S/C28H22BrN3O6/c1-4-36-27(34)16-10-11-18-17(14-16)32-22(15-8-6-5-7-9-15)21-23(30(2)28(35)31(3)26(21)33)24(32)25(38-18)19-12-13-20(29)37-19/h5-14,25H,4H2,1-3H3/t25-/m1/s1. The molecule has 0 radical (unpaired) electrons. The minimum Gasteiger partial charge on any atom is -0.474 e. The maximum atomic E-state index is 13.7. The molecule has 5 aromatic rings. The fraction of sp³-hybridized carbons (Fsp3) is 0.179. The van der Waals surface area contributed by atoms with E-state index in [9.17, 15) is 14.4 Å². The van der Waals surface area contributed by atoms with Gasteiger partial charge in [-0.2, -0.15) is 0 Å². The number of nitrogens with zero attached hydrogens (tertiary/aromatic N) is 3. The topological polar surface area (TPSA) is 97.6 Å². The predicted octanol–water partition coefficient (Wildman–Crippen LogP) is 4.71. The molecule has 3 aromatic heterocycles. The molecular formula is C28H22BrN3O6. The molecule has 0 fully saturated rings. The molecule has 9 nitrogen and oxygen atoms in total. The minimum atomic E-state index is -0.792. The second-order valence-corrected chi connectivity index (χ2v) is 9.69. The van der Waals surface area contributed by atoms with Crippen LogP contribution < -0.4 is 16.0 Å². The van der Waals surface area contributed by atoms with Crippen molar-refractivity contribution in [1.82, 2.24) is 13.7 Å². The smallest absolute Gasteiger partial charge is 0.338 e. The summed E-state index contributed by atoms with van der Waals surface area (Å²) in [6.45, 7) is 1.97. The lowest BCUT2D eigenvalue weighted by Crippen LogP contribution is -2.37. The first kappa shape index (κ1) is 24.1. The van der Waals surface area contributed by atoms with Crippen LogP contribution in [0.1, 0.15) is 34.8 Å². The highest BCUT2D eigenvalue weighted by Crippen LogP contribution is 2.47. The number of rotatable bonds is 4. The normalized spacial score (nSPS) is 14.2. The molecule has 2 aromatic carbocycles. The van der Waals surface area contributed by atoms with Crippen LogP contribution in [0.25, 0.3) is 27.8 Å². The van der Waals surface area contributed by atoms with E-state index in [1.54, 1.807) is 44.3 Å². The third-order valence-electron chi connectivity index (χ3n) is 6.71. The summed E-state index contributed by atoms with van der Waals surface area (Å²) in [5, 5.41) is 0.351. The number of aryl methyl sites for hydroxylation is 1. The molecule has 6 rings (SSSR count). The average Bonchev–Trinajstić information content (AvgIpc) is 3.52. The van der Waals surface area contributed by atoms with Gasteiger partial charge in [0.1, 0.15) is 5.75 Å². The van der Waals surface area contributed by atoms with Crippen molar-refractivity contribution in [3.05, 3.63) is 103 Å². The van der Waals surface area contributed by atoms with E-state index in [1.807, 2.05) is 34.9 Å². The first-order valence-corrected chi connectivity index (χ1v) is 12.7. The van der Waals surface area contributed by atoms with Crippen LogP contribution in [0, 0.1) is 0 Å². The summed E-state index contributed by atoms with van der Waals surface area (Å²) in [6.07, 6.45) is -0.792. The fourth-order valence-corrected chi connectivity index (χ4v) is 5.35. The van der Waals surface area contributed by atoms with Gasteiger partial charge in [0.05, 0.1) is 40.1 Å². The van der Waals surface area contributed by atoms with Gasteiger partial charge >= 0.3 is 11.7 Å². The van der Waals surface area contributed by atoms with E-state index >= 15 is 0 Å². The molecular weight excluding hydrogens is 554 g/mol. The third kappa shape index (κ3) is 3.47. The molecule has 0 saturated carbocycles. The van der Waals surface area contributed by atoms with Crippen LogP contribution in [0.4, 0.5) is 0 Å². The average molecular weight is 576 g/mol. The van der Waals surface area contributed by atoms with E-state index in [2.05, 4.69) is 15.9 Å². The summed E-state index contributed by atoms with van der Waals surface area (Å²) in [4.78, 5) is 39.5. The number of carbonyl (C=O) groups excluding carboxylic acids is 1. The van der Waals surface area contributed by atoms with Gasteiger partial charge in [0.2, 0.25) is 0 Å². The summed E-state index contributed by atoms with van der Waals surface area (Å²) in [7, 11) is 3.08. The third-order valence-corrected chi connectivity index (χ3v) is 7.14. The Morgan fingerprint density at radius 2 is 1.79 bits per heavy atom. The number of esters is 1. The van der Waals surface area contributed by atoms with E-state index in [1.165, 1.54) is 11.6 Å². The van der Waals surface area contributed by atoms with Crippen molar-refractivity contribution in [1.29, 1.82) is 0 Å². The zero-order valence-electron chi connectivity index (χ0n) is 20.7. The van der Waals surface area contributed by atoms with Gasteiger partial charge in [-0.1, -0.05) is 30.3 Å². The summed E-state index contributed by atoms with van der Waals surface area (Å²) in [5.41, 5.74) is 2.25. The second-order valence-electron chi connectivity index (χ2n) is 8.91. The van der Waals surface area contributed by atoms with E-state index < -0.39 is 23.3 Å². The van der Waals surface area contributed by atoms with Gasteiger partial charge in [0.25, 0.3) is 5.56 Å². The summed E-state index contributed by atoms with van der Waals surface area (Å²) >= 11 is 3.36. The molecule has 4 heterocycles. The van der Waals surface area contributed by atoms with Crippen LogP contribution in [0.2, 0.25) is 0 Å². The molecule has 0 saturated heterocycles. The van der Waals surface area contributed by atoms with E-state index in [0.29, 0.717) is 49.7 Å². The largest absolute Gasteiger partial charge is 0.474 e. The van der Waals surface area contributed by atoms with Crippen LogP contribution in [0.3, 0.4) is 0 Å². The van der Waals surface area contributed by atoms with Gasteiger partial charge in [-0.25, -0.2) is 9.59 Å². The van der Waals surface area contributed by atoms with Crippen molar-refractivity contribution in [2.75, 3.05) is 6.61 Å². The lowest BCUT2D eigenvalue weighted by Gasteiger charge is -2.29. The molecule has 0 aliphatic carbocycles. The number of halogens is 1. The van der Waals surface area contributed by atoms with Gasteiger partial charge in [-0.05, 0) is 58.7 Å². The number of hydrogen-bond acceptors (Lipinski definition) is 6. The Bertz CT molecular complexity index is 1860. The Kier molecular flexibility index (Phi) is 5.64. The lowest BCUT2D eigenvalue weighted by molar-refractivity contribution is 0.0526. The molecule has 0 amide bonds. The Hall–Kier alpha value is -4.31. The number of ether oxygens (including phenoxy) is 2. The number of benzene rings is 2. The van der Waals surface area contributed by atoms with Gasteiger partial charge < -0.3 is 18.5 Å². The molecule has 1 atom stereocenters. The number of furan rings is 1. The maximum absolute atomic E-state index is 13.7. The SMILES string of the molecule is CCOC(=O)c1ccc2c(c1)-n1c(-c3ccccc3)c3c(=O)n(C)c(=O)n(C)c3c1[C@@H](c1ccc(Br)o1)O2. The summed E-state index contributed by atoms with van der Waals surface area (Å²) in [5.74, 6) is 0.475. The van der Waals surface area contributed by atoms with Gasteiger partial charge in [-0.15, -0.1) is 0 Å². The first-order chi connectivity index (χ1) is 18.3. The van der Waals surface area contributed by atoms with Crippen LogP contribution in [0.15, 0.2) is 79.3 Å². The van der Waals surface area contributed by atoms with Crippen molar-refractivity contribution >= 4 is 32.8 Å². The molecule has 0 N–H and O–H groups in total. The molecule has 0 bridgehead atoms. The highest BCUT2D eigenvalue weighted by Gasteiger charge is 2.38. The molecule has 10 heteroatoms. The monoisotopic (exact) mass is 575 g/mol. The number of aromatic nitrogens is 3. The number of carbonyl (C=O) groups is 1. The molecule has 38 heavy (non-hydrogen) atoms.